The summed E-state index contributed by atoms with van der Waals surface area (Å²) in [6.07, 6.45) is 6.75. The van der Waals surface area contributed by atoms with Crippen LogP contribution >= 0.6 is 0 Å². The first-order valence-electron chi connectivity index (χ1n) is 10.9. The molecule has 0 radical (unpaired) electrons. The SMILES string of the molecule is Cc1cc(NC(=O)CN2CCC[C@H]2CN2CCCCC2)n([C@H]2CCS(=O)(=O)C2)n1. The van der Waals surface area contributed by atoms with E-state index in [0.29, 0.717) is 24.8 Å². The molecule has 1 aromatic heterocycles. The van der Waals surface area contributed by atoms with Crippen LogP contribution in [0.2, 0.25) is 0 Å². The van der Waals surface area contributed by atoms with Gasteiger partial charge in [0, 0.05) is 18.7 Å². The molecule has 0 bridgehead atoms. The normalized spacial score (nSPS) is 28.0. The number of carbonyl (C=O) groups is 1. The summed E-state index contributed by atoms with van der Waals surface area (Å²) in [5.74, 6) is 0.857. The number of amides is 1. The monoisotopic (exact) mass is 423 g/mol. The molecule has 8 nitrogen and oxygen atoms in total. The van der Waals surface area contributed by atoms with Crippen molar-refractivity contribution in [3.8, 4) is 0 Å². The standard InChI is InChI=1S/C20H33N5O3S/c1-16-12-19(25(22-16)18-7-11-29(27,28)15-18)21-20(26)14-24-10-5-6-17(24)13-23-8-3-2-4-9-23/h12,17-18H,2-11,13-15H2,1H3,(H,21,26)/t17-,18-/m0/s1. The Hall–Kier alpha value is -1.45. The molecular weight excluding hydrogens is 390 g/mol. The highest BCUT2D eigenvalue weighted by Gasteiger charge is 2.32. The number of likely N-dealkylation sites (tertiary alicyclic amines) is 2. The van der Waals surface area contributed by atoms with Crippen LogP contribution in [-0.4, -0.2) is 84.2 Å². The third-order valence-electron chi connectivity index (χ3n) is 6.44. The highest BCUT2D eigenvalue weighted by molar-refractivity contribution is 7.91. The fourth-order valence-corrected chi connectivity index (χ4v) is 6.67. The molecular formula is C20H33N5O3S. The summed E-state index contributed by atoms with van der Waals surface area (Å²) in [6, 6.07) is 2.09. The maximum absolute atomic E-state index is 12.8. The summed E-state index contributed by atoms with van der Waals surface area (Å²) in [7, 11) is -3.01. The Morgan fingerprint density at radius 2 is 1.97 bits per heavy atom. The first-order valence-corrected chi connectivity index (χ1v) is 12.7. The lowest BCUT2D eigenvalue weighted by atomic mass is 10.1. The summed E-state index contributed by atoms with van der Waals surface area (Å²) in [5.41, 5.74) is 0.786. The minimum Gasteiger partial charge on any atom is -0.310 e. The van der Waals surface area contributed by atoms with Gasteiger partial charge in [0.05, 0.1) is 29.8 Å². The van der Waals surface area contributed by atoms with Crippen LogP contribution in [-0.2, 0) is 14.6 Å². The van der Waals surface area contributed by atoms with Crippen LogP contribution in [0.3, 0.4) is 0 Å². The Balaban J connectivity index is 1.36. The molecule has 4 heterocycles. The zero-order valence-electron chi connectivity index (χ0n) is 17.3. The fraction of sp³-hybridized carbons (Fsp3) is 0.800. The fourth-order valence-electron chi connectivity index (χ4n) is 4.97. The molecule has 3 fully saturated rings. The first kappa shape index (κ1) is 20.8. The number of nitrogens with one attached hydrogen (secondary N) is 1. The Labute approximate surface area is 173 Å². The van der Waals surface area contributed by atoms with E-state index in [1.165, 1.54) is 32.4 Å². The molecule has 29 heavy (non-hydrogen) atoms. The second kappa shape index (κ2) is 8.73. The average Bonchev–Trinajstić information content (AvgIpc) is 3.35. The number of piperidine rings is 1. The van der Waals surface area contributed by atoms with Gasteiger partial charge in [-0.3, -0.25) is 9.69 Å². The van der Waals surface area contributed by atoms with Gasteiger partial charge in [-0.15, -0.1) is 0 Å². The number of hydrogen-bond acceptors (Lipinski definition) is 6. The van der Waals surface area contributed by atoms with Gasteiger partial charge in [0.2, 0.25) is 5.91 Å². The molecule has 2 atom stereocenters. The maximum atomic E-state index is 12.8. The van der Waals surface area contributed by atoms with E-state index >= 15 is 0 Å². The van der Waals surface area contributed by atoms with Gasteiger partial charge in [-0.2, -0.15) is 5.10 Å². The van der Waals surface area contributed by atoms with Crippen molar-refractivity contribution in [3.63, 3.8) is 0 Å². The number of sulfone groups is 1. The molecule has 3 saturated heterocycles. The van der Waals surface area contributed by atoms with E-state index in [4.69, 9.17) is 0 Å². The van der Waals surface area contributed by atoms with Crippen LogP contribution in [0.4, 0.5) is 5.82 Å². The van der Waals surface area contributed by atoms with E-state index in [0.717, 1.165) is 31.6 Å². The van der Waals surface area contributed by atoms with Crippen molar-refractivity contribution in [1.82, 2.24) is 19.6 Å². The number of carbonyl (C=O) groups excluding carboxylic acids is 1. The summed E-state index contributed by atoms with van der Waals surface area (Å²) < 4.78 is 25.4. The molecule has 0 aromatic carbocycles. The molecule has 3 aliphatic rings. The third-order valence-corrected chi connectivity index (χ3v) is 8.19. The number of aromatic nitrogens is 2. The van der Waals surface area contributed by atoms with Crippen molar-refractivity contribution in [2.75, 3.05) is 49.5 Å². The number of rotatable bonds is 6. The minimum atomic E-state index is -3.01. The predicted octanol–water partition coefficient (Wildman–Crippen LogP) is 1.44. The highest BCUT2D eigenvalue weighted by Crippen LogP contribution is 2.27. The summed E-state index contributed by atoms with van der Waals surface area (Å²) >= 11 is 0. The van der Waals surface area contributed by atoms with Crippen molar-refractivity contribution in [2.45, 2.75) is 57.5 Å². The minimum absolute atomic E-state index is 0.0439. The van der Waals surface area contributed by atoms with Crippen LogP contribution in [0.1, 0.15) is 50.3 Å². The molecule has 1 N–H and O–H groups in total. The molecule has 0 aliphatic carbocycles. The van der Waals surface area contributed by atoms with Crippen LogP contribution in [0.25, 0.3) is 0 Å². The predicted molar refractivity (Wildman–Crippen MR) is 113 cm³/mol. The Morgan fingerprint density at radius 1 is 1.17 bits per heavy atom. The molecule has 1 amide bonds. The lowest BCUT2D eigenvalue weighted by Crippen LogP contribution is -2.44. The smallest absolute Gasteiger partial charge is 0.239 e. The van der Waals surface area contributed by atoms with Crippen molar-refractivity contribution in [2.24, 2.45) is 0 Å². The molecule has 3 aliphatic heterocycles. The second-order valence-corrected chi connectivity index (χ2v) is 11.1. The van der Waals surface area contributed by atoms with Gasteiger partial charge in [-0.25, -0.2) is 13.1 Å². The topological polar surface area (TPSA) is 87.5 Å². The quantitative estimate of drug-likeness (QED) is 0.745. The number of hydrogen-bond donors (Lipinski definition) is 1. The van der Waals surface area contributed by atoms with Crippen LogP contribution in [0.5, 0.6) is 0 Å². The molecule has 0 spiro atoms. The van der Waals surface area contributed by atoms with Gasteiger partial charge >= 0.3 is 0 Å². The van der Waals surface area contributed by atoms with Gasteiger partial charge in [-0.05, 0) is 58.7 Å². The molecule has 9 heteroatoms. The van der Waals surface area contributed by atoms with Crippen molar-refractivity contribution in [1.29, 1.82) is 0 Å². The Morgan fingerprint density at radius 3 is 2.69 bits per heavy atom. The average molecular weight is 424 g/mol. The highest BCUT2D eigenvalue weighted by atomic mass is 32.2. The summed E-state index contributed by atoms with van der Waals surface area (Å²) in [4.78, 5) is 17.6. The van der Waals surface area contributed by atoms with Gasteiger partial charge < -0.3 is 10.2 Å². The largest absolute Gasteiger partial charge is 0.310 e. The molecule has 1 aromatic rings. The van der Waals surface area contributed by atoms with E-state index in [2.05, 4.69) is 20.2 Å². The van der Waals surface area contributed by atoms with Gasteiger partial charge in [-0.1, -0.05) is 6.42 Å². The van der Waals surface area contributed by atoms with Crippen molar-refractivity contribution >= 4 is 21.6 Å². The number of nitrogens with zero attached hydrogens (tertiary/aromatic N) is 4. The Bertz CT molecular complexity index is 831. The van der Waals surface area contributed by atoms with E-state index < -0.39 is 9.84 Å². The molecule has 0 saturated carbocycles. The number of aryl methyl sites for hydroxylation is 1. The molecule has 0 unspecified atom stereocenters. The van der Waals surface area contributed by atoms with Crippen LogP contribution < -0.4 is 5.32 Å². The number of anilines is 1. The first-order chi connectivity index (χ1) is 13.9. The van der Waals surface area contributed by atoms with E-state index in [-0.39, 0.29) is 23.5 Å². The maximum Gasteiger partial charge on any atom is 0.239 e. The van der Waals surface area contributed by atoms with E-state index in [9.17, 15) is 13.2 Å². The lowest BCUT2D eigenvalue weighted by molar-refractivity contribution is -0.117. The van der Waals surface area contributed by atoms with Gasteiger partial charge in [0.15, 0.2) is 9.84 Å². The van der Waals surface area contributed by atoms with E-state index in [1.807, 2.05) is 13.0 Å². The molecule has 162 valence electrons. The molecule has 4 rings (SSSR count). The lowest BCUT2D eigenvalue weighted by Gasteiger charge is -2.32. The zero-order chi connectivity index (χ0) is 20.4. The van der Waals surface area contributed by atoms with Crippen LogP contribution in [0, 0.1) is 6.92 Å². The zero-order valence-corrected chi connectivity index (χ0v) is 18.2. The van der Waals surface area contributed by atoms with Crippen LogP contribution in [0.15, 0.2) is 6.07 Å². The van der Waals surface area contributed by atoms with Gasteiger partial charge in [0.1, 0.15) is 5.82 Å². The summed E-state index contributed by atoms with van der Waals surface area (Å²) in [5, 5.41) is 7.45. The van der Waals surface area contributed by atoms with Crippen molar-refractivity contribution < 1.29 is 13.2 Å². The Kier molecular flexibility index (Phi) is 6.27. The second-order valence-electron chi connectivity index (χ2n) is 8.85. The third kappa shape index (κ3) is 5.19. The van der Waals surface area contributed by atoms with E-state index in [1.54, 1.807) is 4.68 Å². The van der Waals surface area contributed by atoms with Crippen molar-refractivity contribution in [3.05, 3.63) is 11.8 Å². The van der Waals surface area contributed by atoms with Gasteiger partial charge in [0.25, 0.3) is 0 Å². The summed E-state index contributed by atoms with van der Waals surface area (Å²) in [6.45, 7) is 6.63.